The first kappa shape index (κ1) is 17.0. The summed E-state index contributed by atoms with van der Waals surface area (Å²) in [5.41, 5.74) is -3.06. The van der Waals surface area contributed by atoms with Crippen molar-refractivity contribution in [2.24, 2.45) is 11.8 Å². The normalized spacial score (nSPS) is 35.8. The van der Waals surface area contributed by atoms with Crippen LogP contribution in [0.25, 0.3) is 0 Å². The number of nitrogens with zero attached hydrogens (tertiary/aromatic N) is 2. The lowest BCUT2D eigenvalue weighted by molar-refractivity contribution is -0.138. The van der Waals surface area contributed by atoms with Gasteiger partial charge >= 0.3 is 6.18 Å². The molecule has 1 aromatic carbocycles. The monoisotopic (exact) mass is 366 g/mol. The van der Waals surface area contributed by atoms with Crippen molar-refractivity contribution in [3.8, 4) is 6.07 Å². The van der Waals surface area contributed by atoms with E-state index in [1.807, 2.05) is 0 Å². The number of aliphatic hydroxyl groups is 1. The van der Waals surface area contributed by atoms with Gasteiger partial charge in [0, 0.05) is 6.42 Å². The quantitative estimate of drug-likeness (QED) is 0.763. The van der Waals surface area contributed by atoms with Crippen molar-refractivity contribution in [1.82, 2.24) is 0 Å². The lowest BCUT2D eigenvalue weighted by Crippen LogP contribution is -2.42. The highest BCUT2D eigenvalue weighted by atomic mass is 19.4. The maximum atomic E-state index is 13.2. The average molecular weight is 366 g/mol. The first-order valence-electron chi connectivity index (χ1n) is 7.93. The van der Waals surface area contributed by atoms with E-state index in [1.165, 1.54) is 6.07 Å². The van der Waals surface area contributed by atoms with Crippen LogP contribution in [0.15, 0.2) is 18.2 Å². The molecule has 0 aliphatic carbocycles. The van der Waals surface area contributed by atoms with Gasteiger partial charge in [-0.2, -0.15) is 18.4 Å². The molecule has 3 saturated heterocycles. The molecule has 1 aromatic rings. The predicted octanol–water partition coefficient (Wildman–Crippen LogP) is 1.60. The summed E-state index contributed by atoms with van der Waals surface area (Å²) in [6.45, 7) is 1.62. The molecule has 5 atom stereocenters. The summed E-state index contributed by atoms with van der Waals surface area (Å²) < 4.78 is 45.2. The van der Waals surface area contributed by atoms with E-state index in [-0.39, 0.29) is 12.1 Å². The van der Waals surface area contributed by atoms with E-state index < -0.39 is 58.8 Å². The van der Waals surface area contributed by atoms with Gasteiger partial charge in [0.2, 0.25) is 11.8 Å². The maximum Gasteiger partial charge on any atom is 0.417 e. The molecule has 2 bridgehead atoms. The molecule has 3 heterocycles. The molecule has 0 unspecified atom stereocenters. The number of ether oxygens (including phenoxy) is 1. The largest absolute Gasteiger partial charge is 0.417 e. The van der Waals surface area contributed by atoms with Gasteiger partial charge in [-0.3, -0.25) is 9.59 Å². The van der Waals surface area contributed by atoms with Crippen molar-refractivity contribution < 1.29 is 32.6 Å². The van der Waals surface area contributed by atoms with Crippen LogP contribution in [0.4, 0.5) is 18.9 Å². The molecule has 0 radical (unpaired) electrons. The Labute approximate surface area is 145 Å². The molecule has 26 heavy (non-hydrogen) atoms. The van der Waals surface area contributed by atoms with Gasteiger partial charge in [-0.1, -0.05) is 0 Å². The number of amides is 2. The number of carbonyl (C=O) groups excluding carboxylic acids is 2. The highest BCUT2D eigenvalue weighted by molar-refractivity contribution is 6.23. The Hall–Kier alpha value is -2.44. The number of fused-ring (bicyclic) bond motifs is 5. The second-order valence-corrected chi connectivity index (χ2v) is 7.02. The third-order valence-corrected chi connectivity index (χ3v) is 5.45. The second-order valence-electron chi connectivity index (χ2n) is 7.02. The molecule has 3 fully saturated rings. The van der Waals surface area contributed by atoms with Crippen LogP contribution >= 0.6 is 0 Å². The second kappa shape index (κ2) is 5.05. The number of imide groups is 1. The molecule has 6 nitrogen and oxygen atoms in total. The van der Waals surface area contributed by atoms with Gasteiger partial charge in [-0.15, -0.1) is 0 Å². The number of carbonyl (C=O) groups is 2. The Morgan fingerprint density at radius 1 is 1.35 bits per heavy atom. The molecule has 3 aliphatic rings. The highest BCUT2D eigenvalue weighted by Crippen LogP contribution is 2.55. The summed E-state index contributed by atoms with van der Waals surface area (Å²) >= 11 is 0. The molecule has 4 rings (SSSR count). The van der Waals surface area contributed by atoms with Crippen molar-refractivity contribution in [2.75, 3.05) is 4.90 Å². The summed E-state index contributed by atoms with van der Waals surface area (Å²) in [5, 5.41) is 18.9. The van der Waals surface area contributed by atoms with E-state index >= 15 is 0 Å². The molecular formula is C17H13F3N2O4. The summed E-state index contributed by atoms with van der Waals surface area (Å²) in [6, 6.07) is 4.18. The summed E-state index contributed by atoms with van der Waals surface area (Å²) in [5.74, 6) is -3.09. The number of rotatable bonds is 1. The Morgan fingerprint density at radius 2 is 2.04 bits per heavy atom. The minimum atomic E-state index is -4.80. The lowest BCUT2D eigenvalue weighted by atomic mass is 9.73. The first-order chi connectivity index (χ1) is 12.1. The van der Waals surface area contributed by atoms with Crippen molar-refractivity contribution in [3.63, 3.8) is 0 Å². The Bertz CT molecular complexity index is 878. The van der Waals surface area contributed by atoms with E-state index in [9.17, 15) is 27.9 Å². The number of hydrogen-bond donors (Lipinski definition) is 1. The van der Waals surface area contributed by atoms with Gasteiger partial charge in [0.25, 0.3) is 0 Å². The van der Waals surface area contributed by atoms with Gasteiger partial charge in [-0.25, -0.2) is 4.90 Å². The van der Waals surface area contributed by atoms with Crippen LogP contribution < -0.4 is 4.90 Å². The zero-order valence-corrected chi connectivity index (χ0v) is 13.4. The van der Waals surface area contributed by atoms with Crippen LogP contribution in [0.5, 0.6) is 0 Å². The third kappa shape index (κ3) is 2.06. The van der Waals surface area contributed by atoms with Gasteiger partial charge < -0.3 is 9.84 Å². The van der Waals surface area contributed by atoms with E-state index in [0.717, 1.165) is 17.0 Å². The topological polar surface area (TPSA) is 90.6 Å². The fraction of sp³-hybridized carbons (Fsp3) is 0.471. The number of hydrogen-bond acceptors (Lipinski definition) is 5. The highest BCUT2D eigenvalue weighted by Gasteiger charge is 2.70. The zero-order valence-electron chi connectivity index (χ0n) is 13.4. The van der Waals surface area contributed by atoms with Crippen LogP contribution in [-0.4, -0.2) is 34.7 Å². The minimum absolute atomic E-state index is 0.187. The molecule has 0 aromatic heterocycles. The first-order valence-corrected chi connectivity index (χ1v) is 7.93. The number of anilines is 1. The summed E-state index contributed by atoms with van der Waals surface area (Å²) in [7, 11) is 0. The number of alkyl halides is 3. The van der Waals surface area contributed by atoms with E-state index in [4.69, 9.17) is 10.00 Å². The van der Waals surface area contributed by atoms with Crippen LogP contribution in [0.1, 0.15) is 24.5 Å². The van der Waals surface area contributed by atoms with Crippen LogP contribution in [-0.2, 0) is 20.5 Å². The van der Waals surface area contributed by atoms with E-state index in [0.29, 0.717) is 6.07 Å². The molecule has 1 N–H and O–H groups in total. The number of nitriles is 1. The number of aliphatic hydroxyl groups excluding tert-OH is 1. The standard InChI is InChI=1S/C17H13F3N2O4/c1-16-5-10(23)13(26-16)11-12(16)15(25)22(14(11)24)8-3-2-7(6-21)9(4-8)17(18,19)20/h2-4,10-13,23H,5H2,1H3/t10-,11-,12+,13-,16-/m0/s1. The molecule has 3 aliphatic heterocycles. The van der Waals surface area contributed by atoms with Gasteiger partial charge in [0.1, 0.15) is 0 Å². The minimum Gasteiger partial charge on any atom is -0.390 e. The fourth-order valence-electron chi connectivity index (χ4n) is 4.40. The van der Waals surface area contributed by atoms with Gasteiger partial charge in [0.15, 0.2) is 0 Å². The maximum absolute atomic E-state index is 13.2. The molecule has 9 heteroatoms. The SMILES string of the molecule is C[C@@]12C[C@H](O)[C@H](O1)[C@H]1C(=O)N(c3ccc(C#N)c(C(F)(F)F)c3)C(=O)[C@@H]12. The Kier molecular flexibility index (Phi) is 3.30. The Balaban J connectivity index is 1.78. The molecular weight excluding hydrogens is 353 g/mol. The van der Waals surface area contributed by atoms with E-state index in [1.54, 1.807) is 6.92 Å². The average Bonchev–Trinajstić information content (AvgIpc) is 3.12. The van der Waals surface area contributed by atoms with Crippen LogP contribution in [0, 0.1) is 23.2 Å². The number of benzene rings is 1. The zero-order chi connectivity index (χ0) is 19.0. The number of halogens is 3. The van der Waals surface area contributed by atoms with E-state index in [2.05, 4.69) is 0 Å². The molecule has 2 amide bonds. The van der Waals surface area contributed by atoms with Crippen LogP contribution in [0.3, 0.4) is 0 Å². The molecule has 136 valence electrons. The third-order valence-electron chi connectivity index (χ3n) is 5.45. The van der Waals surface area contributed by atoms with Crippen molar-refractivity contribution in [2.45, 2.75) is 37.3 Å². The Morgan fingerprint density at radius 3 is 2.65 bits per heavy atom. The summed E-state index contributed by atoms with van der Waals surface area (Å²) in [4.78, 5) is 26.3. The van der Waals surface area contributed by atoms with Crippen molar-refractivity contribution >= 4 is 17.5 Å². The van der Waals surface area contributed by atoms with Gasteiger partial charge in [-0.05, 0) is 25.1 Å². The smallest absolute Gasteiger partial charge is 0.390 e. The molecule has 0 saturated carbocycles. The molecule has 0 spiro atoms. The van der Waals surface area contributed by atoms with Crippen molar-refractivity contribution in [1.29, 1.82) is 5.26 Å². The summed E-state index contributed by atoms with van der Waals surface area (Å²) in [6.07, 6.45) is -6.35. The lowest BCUT2D eigenvalue weighted by Gasteiger charge is -2.27. The van der Waals surface area contributed by atoms with Gasteiger partial charge in [0.05, 0.1) is 52.5 Å². The fourth-order valence-corrected chi connectivity index (χ4v) is 4.40. The predicted molar refractivity (Wildman–Crippen MR) is 79.5 cm³/mol. The van der Waals surface area contributed by atoms with Crippen molar-refractivity contribution in [3.05, 3.63) is 29.3 Å². The van der Waals surface area contributed by atoms with Crippen LogP contribution in [0.2, 0.25) is 0 Å².